The van der Waals surface area contributed by atoms with Crippen LogP contribution in [0.3, 0.4) is 0 Å². The first-order valence-electron chi connectivity index (χ1n) is 7.94. The summed E-state index contributed by atoms with van der Waals surface area (Å²) >= 11 is 1.98. The minimum Gasteiger partial charge on any atom is -0.335 e. The number of piperidine rings is 1. The zero-order valence-electron chi connectivity index (χ0n) is 13.0. The van der Waals surface area contributed by atoms with Gasteiger partial charge in [0.1, 0.15) is 5.69 Å². The van der Waals surface area contributed by atoms with Crippen LogP contribution in [-0.2, 0) is 0 Å². The van der Waals surface area contributed by atoms with E-state index in [0.29, 0.717) is 17.0 Å². The maximum atomic E-state index is 12.6. The minimum atomic E-state index is 0. The highest BCUT2D eigenvalue weighted by Gasteiger charge is 2.26. The molecule has 1 amide bonds. The number of carbonyl (C=O) groups is 1. The van der Waals surface area contributed by atoms with Crippen molar-refractivity contribution in [3.8, 4) is 0 Å². The van der Waals surface area contributed by atoms with E-state index in [9.17, 15) is 4.79 Å². The van der Waals surface area contributed by atoms with Crippen molar-refractivity contribution in [1.82, 2.24) is 20.0 Å². The molecule has 2 unspecified atom stereocenters. The van der Waals surface area contributed by atoms with Crippen LogP contribution in [0.2, 0.25) is 0 Å². The number of nitrogens with zero attached hydrogens (tertiary/aromatic N) is 3. The fourth-order valence-corrected chi connectivity index (χ4v) is 4.21. The maximum absolute atomic E-state index is 12.6. The Morgan fingerprint density at radius 3 is 3.14 bits per heavy atom. The number of carbonyl (C=O) groups excluding carboxylic acids is 1. The van der Waals surface area contributed by atoms with E-state index in [4.69, 9.17) is 0 Å². The fourth-order valence-electron chi connectivity index (χ4n) is 3.03. The van der Waals surface area contributed by atoms with Gasteiger partial charge in [-0.05, 0) is 31.9 Å². The zero-order chi connectivity index (χ0) is 14.7. The van der Waals surface area contributed by atoms with Crippen LogP contribution in [0.25, 0.3) is 0 Å². The molecule has 0 saturated carbocycles. The molecule has 3 rings (SSSR count). The molecule has 22 heavy (non-hydrogen) atoms. The largest absolute Gasteiger partial charge is 0.335 e. The van der Waals surface area contributed by atoms with Crippen LogP contribution in [0.5, 0.6) is 0 Å². The van der Waals surface area contributed by atoms with Crippen molar-refractivity contribution in [2.75, 3.05) is 31.9 Å². The van der Waals surface area contributed by atoms with Gasteiger partial charge in [-0.15, -0.1) is 12.4 Å². The third-order valence-corrected chi connectivity index (χ3v) is 5.73. The molecular weight excluding hydrogens is 320 g/mol. The third kappa shape index (κ3) is 3.97. The van der Waals surface area contributed by atoms with E-state index >= 15 is 0 Å². The van der Waals surface area contributed by atoms with Crippen molar-refractivity contribution in [2.24, 2.45) is 0 Å². The summed E-state index contributed by atoms with van der Waals surface area (Å²) in [5.74, 6) is 1.13. The molecule has 0 radical (unpaired) electrons. The highest BCUT2D eigenvalue weighted by Crippen LogP contribution is 2.22. The van der Waals surface area contributed by atoms with Gasteiger partial charge in [-0.1, -0.05) is 6.92 Å². The molecule has 0 aliphatic carbocycles. The summed E-state index contributed by atoms with van der Waals surface area (Å²) in [4.78, 5) is 14.6. The van der Waals surface area contributed by atoms with Gasteiger partial charge in [0.05, 0.1) is 6.04 Å². The SMILES string of the molecule is CCC1CN(C(=O)c2ccn(C3CCCNC3)n2)CCS1.Cl. The van der Waals surface area contributed by atoms with E-state index < -0.39 is 0 Å². The highest BCUT2D eigenvalue weighted by molar-refractivity contribution is 8.00. The average molecular weight is 345 g/mol. The van der Waals surface area contributed by atoms with E-state index in [0.717, 1.165) is 44.8 Å². The molecule has 1 aromatic rings. The molecule has 5 nitrogen and oxygen atoms in total. The third-order valence-electron chi connectivity index (χ3n) is 4.35. The number of aromatic nitrogens is 2. The van der Waals surface area contributed by atoms with Gasteiger partial charge in [0.2, 0.25) is 0 Å². The Morgan fingerprint density at radius 2 is 2.41 bits per heavy atom. The van der Waals surface area contributed by atoms with E-state index in [1.807, 2.05) is 33.6 Å². The van der Waals surface area contributed by atoms with Crippen molar-refractivity contribution in [2.45, 2.75) is 37.5 Å². The number of halogens is 1. The Labute approximate surface area is 142 Å². The molecule has 2 atom stereocenters. The van der Waals surface area contributed by atoms with Gasteiger partial charge in [-0.25, -0.2) is 0 Å². The Balaban J connectivity index is 0.00000176. The molecule has 2 fully saturated rings. The molecule has 7 heteroatoms. The summed E-state index contributed by atoms with van der Waals surface area (Å²) in [6, 6.07) is 2.26. The van der Waals surface area contributed by atoms with E-state index in [1.54, 1.807) is 0 Å². The van der Waals surface area contributed by atoms with Crippen LogP contribution in [-0.4, -0.2) is 57.8 Å². The summed E-state index contributed by atoms with van der Waals surface area (Å²) in [5, 5.41) is 8.50. The van der Waals surface area contributed by atoms with Crippen LogP contribution >= 0.6 is 24.2 Å². The monoisotopic (exact) mass is 344 g/mol. The van der Waals surface area contributed by atoms with Gasteiger partial charge >= 0.3 is 0 Å². The van der Waals surface area contributed by atoms with Gasteiger partial charge < -0.3 is 10.2 Å². The van der Waals surface area contributed by atoms with E-state index in [-0.39, 0.29) is 18.3 Å². The number of thioether (sulfide) groups is 1. The molecule has 2 aliphatic heterocycles. The lowest BCUT2D eigenvalue weighted by Crippen LogP contribution is -2.42. The highest BCUT2D eigenvalue weighted by atomic mass is 35.5. The Morgan fingerprint density at radius 1 is 1.55 bits per heavy atom. The maximum Gasteiger partial charge on any atom is 0.274 e. The molecule has 0 aromatic carbocycles. The van der Waals surface area contributed by atoms with Crippen LogP contribution < -0.4 is 5.32 Å². The van der Waals surface area contributed by atoms with Crippen LogP contribution in [0.15, 0.2) is 12.3 Å². The Bertz CT molecular complexity index is 490. The van der Waals surface area contributed by atoms with Crippen LogP contribution in [0.4, 0.5) is 0 Å². The van der Waals surface area contributed by atoms with Crippen LogP contribution in [0, 0.1) is 0 Å². The normalized spacial score (nSPS) is 25.6. The first-order valence-corrected chi connectivity index (χ1v) is 8.99. The summed E-state index contributed by atoms with van der Waals surface area (Å²) in [6.45, 7) is 5.94. The number of rotatable bonds is 3. The van der Waals surface area contributed by atoms with Crippen molar-refractivity contribution in [1.29, 1.82) is 0 Å². The van der Waals surface area contributed by atoms with Crippen LogP contribution in [0.1, 0.15) is 42.7 Å². The standard InChI is InChI=1S/C15H24N4OS.ClH/c1-2-13-11-18(8-9-21-13)15(20)14-5-7-19(17-14)12-4-3-6-16-10-12;/h5,7,12-13,16H,2-4,6,8-11H2,1H3;1H. The number of amides is 1. The summed E-state index contributed by atoms with van der Waals surface area (Å²) in [5.41, 5.74) is 0.599. The van der Waals surface area contributed by atoms with Gasteiger partial charge in [0.25, 0.3) is 5.91 Å². The van der Waals surface area contributed by atoms with E-state index in [2.05, 4.69) is 17.3 Å². The average Bonchev–Trinajstić information content (AvgIpc) is 3.05. The van der Waals surface area contributed by atoms with Gasteiger partial charge in [-0.3, -0.25) is 9.48 Å². The second-order valence-corrected chi connectivity index (χ2v) is 7.24. The molecule has 3 heterocycles. The molecule has 2 aliphatic rings. The topological polar surface area (TPSA) is 50.2 Å². The Hall–Kier alpha value is -0.720. The number of hydrogen-bond donors (Lipinski definition) is 1. The number of hydrogen-bond acceptors (Lipinski definition) is 4. The first-order chi connectivity index (χ1) is 10.3. The molecule has 1 aromatic heterocycles. The molecule has 124 valence electrons. The van der Waals surface area contributed by atoms with Gasteiger partial charge in [0, 0.05) is 36.8 Å². The first kappa shape index (κ1) is 17.6. The van der Waals surface area contributed by atoms with E-state index in [1.165, 1.54) is 6.42 Å². The molecule has 1 N–H and O–H groups in total. The lowest BCUT2D eigenvalue weighted by molar-refractivity contribution is 0.0753. The quantitative estimate of drug-likeness (QED) is 0.913. The van der Waals surface area contributed by atoms with Crippen molar-refractivity contribution in [3.05, 3.63) is 18.0 Å². The van der Waals surface area contributed by atoms with Gasteiger partial charge in [0.15, 0.2) is 0 Å². The van der Waals surface area contributed by atoms with Gasteiger partial charge in [-0.2, -0.15) is 16.9 Å². The molecule has 0 bridgehead atoms. The Kier molecular flexibility index (Phi) is 6.59. The second kappa shape index (κ2) is 8.22. The zero-order valence-corrected chi connectivity index (χ0v) is 14.7. The summed E-state index contributed by atoms with van der Waals surface area (Å²) < 4.78 is 1.97. The molecular formula is C15H25ClN4OS. The summed E-state index contributed by atoms with van der Waals surface area (Å²) in [6.07, 6.45) is 5.40. The second-order valence-electron chi connectivity index (χ2n) is 5.83. The minimum absolute atomic E-state index is 0. The molecule has 0 spiro atoms. The molecule has 2 saturated heterocycles. The summed E-state index contributed by atoms with van der Waals surface area (Å²) in [7, 11) is 0. The number of nitrogens with one attached hydrogen (secondary N) is 1. The van der Waals surface area contributed by atoms with Crippen molar-refractivity contribution >= 4 is 30.1 Å². The van der Waals surface area contributed by atoms with Crippen molar-refractivity contribution < 1.29 is 4.79 Å². The lowest BCUT2D eigenvalue weighted by atomic mass is 10.1. The van der Waals surface area contributed by atoms with Crippen molar-refractivity contribution in [3.63, 3.8) is 0 Å². The predicted octanol–water partition coefficient (Wildman–Crippen LogP) is 2.20. The predicted molar refractivity (Wildman–Crippen MR) is 93.1 cm³/mol. The lowest BCUT2D eigenvalue weighted by Gasteiger charge is -2.31. The fraction of sp³-hybridized carbons (Fsp3) is 0.733. The smallest absolute Gasteiger partial charge is 0.274 e.